The lowest BCUT2D eigenvalue weighted by atomic mass is 10.2. The van der Waals surface area contributed by atoms with Gasteiger partial charge < -0.3 is 0 Å². The first kappa shape index (κ1) is 12.5. The van der Waals surface area contributed by atoms with Crippen LogP contribution in [0.15, 0.2) is 21.7 Å². The summed E-state index contributed by atoms with van der Waals surface area (Å²) in [7, 11) is 0. The van der Waals surface area contributed by atoms with Crippen molar-refractivity contribution in [3.8, 4) is 12.1 Å². The molecule has 0 saturated heterocycles. The number of benzene rings is 1. The van der Waals surface area contributed by atoms with E-state index in [1.165, 1.54) is 0 Å². The molecular formula is C10H6BrClN4. The molecule has 1 rings (SSSR count). The zero-order valence-corrected chi connectivity index (χ0v) is 10.6. The van der Waals surface area contributed by atoms with Crippen molar-refractivity contribution in [1.29, 1.82) is 10.5 Å². The molecular weight excluding hydrogens is 291 g/mol. The Labute approximate surface area is 106 Å². The highest BCUT2D eigenvalue weighted by molar-refractivity contribution is 9.10. The third-order valence-electron chi connectivity index (χ3n) is 1.82. The van der Waals surface area contributed by atoms with Gasteiger partial charge in [-0.1, -0.05) is 27.5 Å². The van der Waals surface area contributed by atoms with Crippen LogP contribution in [0.3, 0.4) is 0 Å². The van der Waals surface area contributed by atoms with Crippen molar-refractivity contribution in [1.82, 2.24) is 0 Å². The Morgan fingerprint density at radius 3 is 2.62 bits per heavy atom. The van der Waals surface area contributed by atoms with Gasteiger partial charge in [-0.3, -0.25) is 5.43 Å². The van der Waals surface area contributed by atoms with E-state index in [1.807, 2.05) is 6.92 Å². The standard InChI is InChI=1S/C10H6BrClN4/c1-6-8(11)2-3-9(10(6)12)16-15-7(4-13)5-14/h2-3,16H,1H3. The predicted octanol–water partition coefficient (Wildman–Crippen LogP) is 3.23. The SMILES string of the molecule is Cc1c(Br)ccc(NN=C(C#N)C#N)c1Cl. The van der Waals surface area contributed by atoms with Crippen molar-refractivity contribution in [3.63, 3.8) is 0 Å². The highest BCUT2D eigenvalue weighted by Gasteiger charge is 2.06. The molecule has 0 fully saturated rings. The maximum absolute atomic E-state index is 8.49. The van der Waals surface area contributed by atoms with Gasteiger partial charge in [-0.2, -0.15) is 15.6 Å². The summed E-state index contributed by atoms with van der Waals surface area (Å²) in [4.78, 5) is 0. The molecule has 1 aromatic rings. The van der Waals surface area contributed by atoms with Crippen molar-refractivity contribution < 1.29 is 0 Å². The number of halogens is 2. The summed E-state index contributed by atoms with van der Waals surface area (Å²) >= 11 is 9.38. The fraction of sp³-hybridized carbons (Fsp3) is 0.100. The Balaban J connectivity index is 3.02. The molecule has 6 heteroatoms. The van der Waals surface area contributed by atoms with Crippen molar-refractivity contribution in [2.24, 2.45) is 5.10 Å². The van der Waals surface area contributed by atoms with Crippen molar-refractivity contribution >= 4 is 38.9 Å². The third kappa shape index (κ3) is 2.73. The van der Waals surface area contributed by atoms with Crippen LogP contribution in [-0.4, -0.2) is 5.71 Å². The van der Waals surface area contributed by atoms with Gasteiger partial charge in [0, 0.05) is 4.47 Å². The van der Waals surface area contributed by atoms with Gasteiger partial charge in [-0.15, -0.1) is 0 Å². The molecule has 4 nitrogen and oxygen atoms in total. The molecule has 1 aromatic carbocycles. The molecule has 0 aliphatic heterocycles. The summed E-state index contributed by atoms with van der Waals surface area (Å²) < 4.78 is 0.882. The quantitative estimate of drug-likeness (QED) is 0.673. The first-order valence-electron chi connectivity index (χ1n) is 4.18. The number of nitrogens with zero attached hydrogens (tertiary/aromatic N) is 3. The summed E-state index contributed by atoms with van der Waals surface area (Å²) in [5.74, 6) is 0. The van der Waals surface area contributed by atoms with E-state index < -0.39 is 0 Å². The van der Waals surface area contributed by atoms with E-state index in [0.29, 0.717) is 10.7 Å². The smallest absolute Gasteiger partial charge is 0.237 e. The van der Waals surface area contributed by atoms with E-state index >= 15 is 0 Å². The van der Waals surface area contributed by atoms with Gasteiger partial charge in [-0.25, -0.2) is 0 Å². The van der Waals surface area contributed by atoms with E-state index in [4.69, 9.17) is 22.1 Å². The monoisotopic (exact) mass is 296 g/mol. The van der Waals surface area contributed by atoms with Crippen LogP contribution in [0, 0.1) is 29.6 Å². The molecule has 0 heterocycles. The lowest BCUT2D eigenvalue weighted by Gasteiger charge is -2.07. The second kappa shape index (κ2) is 5.50. The molecule has 0 unspecified atom stereocenters. The molecule has 0 spiro atoms. The first-order chi connectivity index (χ1) is 7.60. The van der Waals surface area contributed by atoms with Crippen LogP contribution in [0.25, 0.3) is 0 Å². The zero-order chi connectivity index (χ0) is 12.1. The minimum absolute atomic E-state index is 0.253. The fourth-order valence-corrected chi connectivity index (χ4v) is 1.59. The number of hydrogen-bond acceptors (Lipinski definition) is 4. The minimum atomic E-state index is -0.253. The topological polar surface area (TPSA) is 72.0 Å². The Kier molecular flexibility index (Phi) is 4.30. The van der Waals surface area contributed by atoms with E-state index in [1.54, 1.807) is 24.3 Å². The van der Waals surface area contributed by atoms with Gasteiger partial charge >= 0.3 is 0 Å². The number of nitriles is 2. The van der Waals surface area contributed by atoms with Crippen LogP contribution in [0.4, 0.5) is 5.69 Å². The normalized spacial score (nSPS) is 8.81. The molecule has 0 aliphatic carbocycles. The van der Waals surface area contributed by atoms with Gasteiger partial charge in [0.15, 0.2) is 0 Å². The molecule has 0 bridgehead atoms. The molecule has 80 valence electrons. The van der Waals surface area contributed by atoms with Gasteiger partial charge in [-0.05, 0) is 24.6 Å². The highest BCUT2D eigenvalue weighted by Crippen LogP contribution is 2.30. The Morgan fingerprint density at radius 2 is 2.06 bits per heavy atom. The lowest BCUT2D eigenvalue weighted by molar-refractivity contribution is 1.31. The van der Waals surface area contributed by atoms with Gasteiger partial charge in [0.05, 0.1) is 10.7 Å². The van der Waals surface area contributed by atoms with E-state index in [0.717, 1.165) is 10.0 Å². The summed E-state index contributed by atoms with van der Waals surface area (Å²) in [5.41, 5.74) is 3.73. The van der Waals surface area contributed by atoms with Crippen molar-refractivity contribution in [2.75, 3.05) is 5.43 Å². The summed E-state index contributed by atoms with van der Waals surface area (Å²) in [6.07, 6.45) is 0. The van der Waals surface area contributed by atoms with Gasteiger partial charge in [0.2, 0.25) is 5.71 Å². The average Bonchev–Trinajstić information content (AvgIpc) is 2.30. The highest BCUT2D eigenvalue weighted by atomic mass is 79.9. The number of hydrazone groups is 1. The number of rotatable bonds is 2. The summed E-state index contributed by atoms with van der Waals surface area (Å²) in [6.45, 7) is 1.84. The zero-order valence-electron chi connectivity index (χ0n) is 8.25. The van der Waals surface area contributed by atoms with Crippen molar-refractivity contribution in [3.05, 3.63) is 27.2 Å². The van der Waals surface area contributed by atoms with Gasteiger partial charge in [0.25, 0.3) is 0 Å². The molecule has 16 heavy (non-hydrogen) atoms. The number of anilines is 1. The van der Waals surface area contributed by atoms with Crippen molar-refractivity contribution in [2.45, 2.75) is 6.92 Å². The Morgan fingerprint density at radius 1 is 1.44 bits per heavy atom. The summed E-state index contributed by atoms with van der Waals surface area (Å²) in [5, 5.41) is 21.1. The van der Waals surface area contributed by atoms with Crippen LogP contribution in [0.2, 0.25) is 5.02 Å². The largest absolute Gasteiger partial charge is 0.275 e. The Bertz CT molecular complexity index is 509. The van der Waals surface area contributed by atoms with Crippen LogP contribution < -0.4 is 5.43 Å². The molecule has 0 saturated carbocycles. The number of nitrogens with one attached hydrogen (secondary N) is 1. The molecule has 0 aliphatic rings. The van der Waals surface area contributed by atoms with Crippen LogP contribution in [0.1, 0.15) is 5.56 Å². The third-order valence-corrected chi connectivity index (χ3v) is 3.17. The van der Waals surface area contributed by atoms with E-state index in [2.05, 4.69) is 26.5 Å². The van der Waals surface area contributed by atoms with E-state index in [9.17, 15) is 0 Å². The maximum Gasteiger partial charge on any atom is 0.237 e. The molecule has 0 atom stereocenters. The van der Waals surface area contributed by atoms with Crippen LogP contribution in [-0.2, 0) is 0 Å². The second-order valence-electron chi connectivity index (χ2n) is 2.83. The number of hydrogen-bond donors (Lipinski definition) is 1. The molecule has 0 radical (unpaired) electrons. The van der Waals surface area contributed by atoms with E-state index in [-0.39, 0.29) is 5.71 Å². The molecule has 0 aromatic heterocycles. The van der Waals surface area contributed by atoms with Crippen LogP contribution >= 0.6 is 27.5 Å². The minimum Gasteiger partial charge on any atom is -0.275 e. The first-order valence-corrected chi connectivity index (χ1v) is 5.35. The summed E-state index contributed by atoms with van der Waals surface area (Å²) in [6, 6.07) is 6.79. The molecule has 1 N–H and O–H groups in total. The van der Waals surface area contributed by atoms with Crippen LogP contribution in [0.5, 0.6) is 0 Å². The maximum atomic E-state index is 8.49. The average molecular weight is 298 g/mol. The molecule has 0 amide bonds. The fourth-order valence-electron chi connectivity index (χ4n) is 0.939. The lowest BCUT2D eigenvalue weighted by Crippen LogP contribution is -1.97. The predicted molar refractivity (Wildman–Crippen MR) is 66.2 cm³/mol. The van der Waals surface area contributed by atoms with Gasteiger partial charge in [0.1, 0.15) is 12.1 Å². The second-order valence-corrected chi connectivity index (χ2v) is 4.06. The Hall–Kier alpha value is -1.56.